The molecule has 3 heterocycles. The fourth-order valence-electron chi connectivity index (χ4n) is 2.88. The van der Waals surface area contributed by atoms with Gasteiger partial charge < -0.3 is 20.5 Å². The number of amides is 1. The maximum Gasteiger partial charge on any atom is 0.255 e. The van der Waals surface area contributed by atoms with E-state index in [-0.39, 0.29) is 18.2 Å². The van der Waals surface area contributed by atoms with Crippen molar-refractivity contribution in [1.29, 1.82) is 0 Å². The predicted octanol–water partition coefficient (Wildman–Crippen LogP) is 2.48. The molecule has 10 heteroatoms. The summed E-state index contributed by atoms with van der Waals surface area (Å²) in [7, 11) is 1.56. The highest BCUT2D eigenvalue weighted by Crippen LogP contribution is 2.23. The van der Waals surface area contributed by atoms with E-state index in [1.807, 2.05) is 19.9 Å². The van der Waals surface area contributed by atoms with E-state index in [4.69, 9.17) is 4.74 Å². The molecule has 166 valence electrons. The first-order valence-electron chi connectivity index (χ1n) is 9.89. The second-order valence-corrected chi connectivity index (χ2v) is 8.06. The predicted molar refractivity (Wildman–Crippen MR) is 115 cm³/mol. The zero-order valence-corrected chi connectivity index (χ0v) is 18.2. The van der Waals surface area contributed by atoms with Crippen molar-refractivity contribution in [3.63, 3.8) is 0 Å². The van der Waals surface area contributed by atoms with E-state index in [2.05, 4.69) is 25.7 Å². The molecule has 0 aliphatic carbocycles. The molecular weight excluding hydrogens is 403 g/mol. The van der Waals surface area contributed by atoms with Crippen LogP contribution < -0.4 is 15.4 Å². The number of hydrogen-bond donors (Lipinski definition) is 3. The van der Waals surface area contributed by atoms with E-state index in [1.165, 1.54) is 20.0 Å². The van der Waals surface area contributed by atoms with Gasteiger partial charge in [-0.15, -0.1) is 0 Å². The molecule has 0 aliphatic heterocycles. The minimum absolute atomic E-state index is 0.0313. The number of pyridine rings is 2. The van der Waals surface area contributed by atoms with Crippen LogP contribution >= 0.6 is 0 Å². The average Bonchev–Trinajstić information content (AvgIpc) is 3.13. The lowest BCUT2D eigenvalue weighted by atomic mass is 10.0. The number of nitrogens with one attached hydrogen (secondary N) is 2. The quantitative estimate of drug-likeness (QED) is 0.503. The van der Waals surface area contributed by atoms with Gasteiger partial charge in [-0.05, 0) is 33.8 Å². The minimum atomic E-state index is -1.61. The van der Waals surface area contributed by atoms with Gasteiger partial charge in [0.2, 0.25) is 0 Å². The van der Waals surface area contributed by atoms with Gasteiger partial charge >= 0.3 is 0 Å². The molecule has 0 saturated heterocycles. The molecule has 3 rings (SSSR count). The summed E-state index contributed by atoms with van der Waals surface area (Å²) < 4.78 is 20.8. The van der Waals surface area contributed by atoms with E-state index >= 15 is 0 Å². The Labute approximate surface area is 179 Å². The molecule has 9 nitrogen and oxygen atoms in total. The van der Waals surface area contributed by atoms with Crippen molar-refractivity contribution in [3.05, 3.63) is 36.3 Å². The first-order chi connectivity index (χ1) is 14.6. The number of anilines is 1. The summed E-state index contributed by atoms with van der Waals surface area (Å²) in [5, 5.41) is 20.6. The van der Waals surface area contributed by atoms with Crippen LogP contribution in [0.3, 0.4) is 0 Å². The molecule has 0 bridgehead atoms. The Morgan fingerprint density at radius 2 is 2.00 bits per heavy atom. The van der Waals surface area contributed by atoms with Gasteiger partial charge in [0.25, 0.3) is 5.91 Å². The number of aliphatic hydroxyl groups is 1. The number of aromatic nitrogens is 4. The van der Waals surface area contributed by atoms with E-state index in [9.17, 15) is 14.3 Å². The van der Waals surface area contributed by atoms with E-state index < -0.39 is 17.7 Å². The maximum atomic E-state index is 14.0. The Hall–Kier alpha value is -3.27. The first-order valence-corrected chi connectivity index (χ1v) is 9.89. The van der Waals surface area contributed by atoms with Crippen molar-refractivity contribution in [3.8, 4) is 11.6 Å². The lowest BCUT2D eigenvalue weighted by Gasteiger charge is -2.23. The summed E-state index contributed by atoms with van der Waals surface area (Å²) in [6, 6.07) is 3.54. The van der Waals surface area contributed by atoms with Crippen LogP contribution in [0.5, 0.6) is 5.75 Å². The Morgan fingerprint density at radius 3 is 2.65 bits per heavy atom. The van der Waals surface area contributed by atoms with Gasteiger partial charge in [-0.2, -0.15) is 9.78 Å². The largest absolute Gasteiger partial charge is 0.495 e. The molecule has 3 aromatic rings. The minimum Gasteiger partial charge on any atom is -0.495 e. The summed E-state index contributed by atoms with van der Waals surface area (Å²) in [5.74, 6) is 0.584. The molecule has 3 N–H and O–H groups in total. The lowest BCUT2D eigenvalue weighted by molar-refractivity contribution is -0.00177. The van der Waals surface area contributed by atoms with E-state index in [0.29, 0.717) is 22.9 Å². The molecule has 0 saturated carbocycles. The normalized spacial score (nSPS) is 12.8. The molecule has 0 radical (unpaired) electrons. The fourth-order valence-corrected chi connectivity index (χ4v) is 2.88. The summed E-state index contributed by atoms with van der Waals surface area (Å²) in [5.41, 5.74) is -0.183. The molecule has 0 spiro atoms. The third-order valence-electron chi connectivity index (χ3n) is 4.62. The molecular formula is C21H27FN6O3. The van der Waals surface area contributed by atoms with Gasteiger partial charge in [0.05, 0.1) is 42.9 Å². The highest BCUT2D eigenvalue weighted by molar-refractivity contribution is 5.99. The first kappa shape index (κ1) is 22.4. The third kappa shape index (κ3) is 5.08. The number of fused-ring (bicyclic) bond motifs is 1. The van der Waals surface area contributed by atoms with E-state index in [1.54, 1.807) is 30.3 Å². The summed E-state index contributed by atoms with van der Waals surface area (Å²) in [4.78, 5) is 21.4. The SMILES string of the molecule is COc1cnc2c(cnn2-c2cc(NC(C)C)c(C(=O)NCC(F)C(C)(C)O)cn2)c1. The van der Waals surface area contributed by atoms with Gasteiger partial charge in [-0.1, -0.05) is 0 Å². The highest BCUT2D eigenvalue weighted by Gasteiger charge is 2.27. The van der Waals surface area contributed by atoms with Crippen LogP contribution in [0, 0.1) is 0 Å². The molecule has 0 fully saturated rings. The van der Waals surface area contributed by atoms with Crippen molar-refractivity contribution in [2.24, 2.45) is 0 Å². The number of ether oxygens (including phenoxy) is 1. The van der Waals surface area contributed by atoms with Gasteiger partial charge in [0.1, 0.15) is 11.9 Å². The topological polar surface area (TPSA) is 114 Å². The number of hydrogen-bond acceptors (Lipinski definition) is 7. The number of carbonyl (C=O) groups is 1. The van der Waals surface area contributed by atoms with Crippen molar-refractivity contribution in [2.75, 3.05) is 19.0 Å². The maximum absolute atomic E-state index is 14.0. The number of halogens is 1. The Balaban J connectivity index is 1.92. The lowest BCUT2D eigenvalue weighted by Crippen LogP contribution is -2.42. The molecule has 1 unspecified atom stereocenters. The van der Waals surface area contributed by atoms with Crippen LogP contribution in [0.25, 0.3) is 16.9 Å². The van der Waals surface area contributed by atoms with Gasteiger partial charge in [-0.25, -0.2) is 14.4 Å². The molecule has 1 amide bonds. The third-order valence-corrected chi connectivity index (χ3v) is 4.62. The highest BCUT2D eigenvalue weighted by atomic mass is 19.1. The smallest absolute Gasteiger partial charge is 0.255 e. The average molecular weight is 430 g/mol. The Kier molecular flexibility index (Phi) is 6.40. The molecule has 1 atom stereocenters. The summed E-state index contributed by atoms with van der Waals surface area (Å²) in [6.07, 6.45) is 3.04. The summed E-state index contributed by atoms with van der Waals surface area (Å²) in [6.45, 7) is 6.25. The van der Waals surface area contributed by atoms with Crippen molar-refractivity contribution in [2.45, 2.75) is 45.5 Å². The zero-order valence-electron chi connectivity index (χ0n) is 18.2. The fraction of sp³-hybridized carbons (Fsp3) is 0.429. The Bertz CT molecular complexity index is 1080. The number of alkyl halides is 1. The Morgan fingerprint density at radius 1 is 1.26 bits per heavy atom. The summed E-state index contributed by atoms with van der Waals surface area (Å²) >= 11 is 0. The van der Waals surface area contributed by atoms with Crippen LogP contribution in [-0.2, 0) is 0 Å². The number of methoxy groups -OCH3 is 1. The van der Waals surface area contributed by atoms with Crippen LogP contribution in [0.4, 0.5) is 10.1 Å². The second-order valence-electron chi connectivity index (χ2n) is 8.06. The molecule has 31 heavy (non-hydrogen) atoms. The number of carbonyl (C=O) groups excluding carboxylic acids is 1. The van der Waals surface area contributed by atoms with Crippen molar-refractivity contribution >= 4 is 22.6 Å². The van der Waals surface area contributed by atoms with Crippen LogP contribution in [0.15, 0.2) is 30.7 Å². The van der Waals surface area contributed by atoms with Crippen LogP contribution in [0.2, 0.25) is 0 Å². The molecule has 0 aliphatic rings. The zero-order chi connectivity index (χ0) is 22.8. The monoisotopic (exact) mass is 430 g/mol. The number of nitrogens with zero attached hydrogens (tertiary/aromatic N) is 4. The molecule has 3 aromatic heterocycles. The van der Waals surface area contributed by atoms with Gasteiger partial charge in [-0.3, -0.25) is 4.79 Å². The van der Waals surface area contributed by atoms with Crippen molar-refractivity contribution in [1.82, 2.24) is 25.1 Å². The van der Waals surface area contributed by atoms with Gasteiger partial charge in [0.15, 0.2) is 11.5 Å². The molecule has 0 aromatic carbocycles. The second kappa shape index (κ2) is 8.84. The van der Waals surface area contributed by atoms with Crippen LogP contribution in [0.1, 0.15) is 38.1 Å². The van der Waals surface area contributed by atoms with E-state index in [0.717, 1.165) is 5.39 Å². The standard InChI is InChI=1S/C21H27FN6O3/c1-12(2)27-16-7-18(28-19-13(8-26-28)6-14(31-5)9-24-19)23-10-15(16)20(29)25-11-17(22)21(3,4)30/h6-10,12,17,30H,11H2,1-5H3,(H,23,27)(H,25,29). The van der Waals surface area contributed by atoms with Crippen LogP contribution in [-0.4, -0.2) is 62.2 Å². The van der Waals surface area contributed by atoms with Crippen molar-refractivity contribution < 1.29 is 19.0 Å². The number of rotatable bonds is 8. The van der Waals surface area contributed by atoms with Gasteiger partial charge in [0, 0.05) is 23.7 Å².